The third-order valence-electron chi connectivity index (χ3n) is 2.71. The van der Waals surface area contributed by atoms with E-state index in [1.54, 1.807) is 12.4 Å². The number of allylic oxidation sites excluding steroid dienone is 1. The predicted molar refractivity (Wildman–Crippen MR) is 69.0 cm³/mol. The molecule has 84 valence electrons. The zero-order valence-corrected chi connectivity index (χ0v) is 9.09. The fourth-order valence-corrected chi connectivity index (χ4v) is 1.85. The number of aromatic hydroxyl groups is 1. The first-order chi connectivity index (χ1) is 8.34. The summed E-state index contributed by atoms with van der Waals surface area (Å²) in [7, 11) is 0. The van der Waals surface area contributed by atoms with E-state index in [1.165, 1.54) is 0 Å². The lowest BCUT2D eigenvalue weighted by atomic mass is 10.2. The summed E-state index contributed by atoms with van der Waals surface area (Å²) in [6.07, 6.45) is 5.28. The molecular formula is C13H11N3O. The van der Waals surface area contributed by atoms with E-state index in [2.05, 4.69) is 15.0 Å². The van der Waals surface area contributed by atoms with E-state index in [9.17, 15) is 5.11 Å². The molecule has 17 heavy (non-hydrogen) atoms. The summed E-state index contributed by atoms with van der Waals surface area (Å²) in [6.45, 7) is 0.611. The maximum absolute atomic E-state index is 9.81. The number of benzene rings is 1. The van der Waals surface area contributed by atoms with Crippen LogP contribution in [0.25, 0.3) is 10.9 Å². The fraction of sp³-hybridized carbons (Fsp3) is 0.0769. The largest absolute Gasteiger partial charge is 0.494 e. The Bertz CT molecular complexity index is 650. The van der Waals surface area contributed by atoms with E-state index in [-0.39, 0.29) is 5.88 Å². The minimum Gasteiger partial charge on any atom is -0.494 e. The Morgan fingerprint density at radius 1 is 1.35 bits per heavy atom. The molecule has 0 spiro atoms. The van der Waals surface area contributed by atoms with E-state index in [4.69, 9.17) is 0 Å². The van der Waals surface area contributed by atoms with Crippen LogP contribution in [0, 0.1) is 0 Å². The van der Waals surface area contributed by atoms with Crippen LogP contribution in [0.5, 0.6) is 5.88 Å². The highest BCUT2D eigenvalue weighted by molar-refractivity contribution is 6.02. The van der Waals surface area contributed by atoms with Crippen LogP contribution in [0.15, 0.2) is 46.0 Å². The summed E-state index contributed by atoms with van der Waals surface area (Å²) < 4.78 is 0. The van der Waals surface area contributed by atoms with Gasteiger partial charge in [0.1, 0.15) is 0 Å². The van der Waals surface area contributed by atoms with Gasteiger partial charge in [-0.1, -0.05) is 18.2 Å². The summed E-state index contributed by atoms with van der Waals surface area (Å²) in [5, 5.41) is 10.8. The lowest BCUT2D eigenvalue weighted by molar-refractivity contribution is 0.457. The molecule has 3 rings (SSSR count). The van der Waals surface area contributed by atoms with Crippen LogP contribution in [0.4, 0.5) is 0 Å². The summed E-state index contributed by atoms with van der Waals surface area (Å²) in [4.78, 5) is 11.3. The van der Waals surface area contributed by atoms with Crippen molar-refractivity contribution >= 4 is 23.3 Å². The molecule has 0 unspecified atom stereocenters. The van der Waals surface area contributed by atoms with Gasteiger partial charge < -0.3 is 10.1 Å². The molecular weight excluding hydrogens is 214 g/mol. The van der Waals surface area contributed by atoms with Crippen LogP contribution in [-0.2, 0) is 0 Å². The molecule has 2 aromatic rings. The summed E-state index contributed by atoms with van der Waals surface area (Å²) >= 11 is 0. The van der Waals surface area contributed by atoms with Gasteiger partial charge in [0.2, 0.25) is 0 Å². The van der Waals surface area contributed by atoms with Crippen molar-refractivity contribution in [1.29, 1.82) is 0 Å². The van der Waals surface area contributed by atoms with Crippen LogP contribution < -0.4 is 0 Å². The van der Waals surface area contributed by atoms with Crippen molar-refractivity contribution in [2.45, 2.75) is 0 Å². The van der Waals surface area contributed by atoms with Gasteiger partial charge in [-0.2, -0.15) is 0 Å². The minimum atomic E-state index is 0.148. The molecule has 0 radical (unpaired) electrons. The Hall–Kier alpha value is -2.36. The number of aromatic nitrogens is 1. The quantitative estimate of drug-likeness (QED) is 0.756. The first kappa shape index (κ1) is 9.84. The normalized spacial score (nSPS) is 14.9. The molecule has 0 atom stereocenters. The molecule has 2 N–H and O–H groups in total. The number of rotatable bonds is 2. The molecule has 0 fully saturated rings. The highest BCUT2D eigenvalue weighted by atomic mass is 16.3. The second-order valence-corrected chi connectivity index (χ2v) is 3.84. The number of para-hydroxylation sites is 1. The monoisotopic (exact) mass is 225 g/mol. The van der Waals surface area contributed by atoms with Gasteiger partial charge in [0.15, 0.2) is 5.88 Å². The smallest absolute Gasteiger partial charge is 0.198 e. The first-order valence-electron chi connectivity index (χ1n) is 5.37. The Kier molecular flexibility index (Phi) is 2.26. The lowest BCUT2D eigenvalue weighted by Crippen LogP contribution is -1.83. The Morgan fingerprint density at radius 3 is 3.06 bits per heavy atom. The van der Waals surface area contributed by atoms with Crippen LogP contribution >= 0.6 is 0 Å². The Labute approximate surface area is 98.0 Å². The summed E-state index contributed by atoms with van der Waals surface area (Å²) in [5.74, 6) is 0.148. The van der Waals surface area contributed by atoms with Gasteiger partial charge in [0, 0.05) is 23.3 Å². The van der Waals surface area contributed by atoms with E-state index in [1.807, 2.05) is 30.3 Å². The highest BCUT2D eigenvalue weighted by Crippen LogP contribution is 2.25. The summed E-state index contributed by atoms with van der Waals surface area (Å²) in [6, 6.07) is 7.73. The minimum absolute atomic E-state index is 0.148. The summed E-state index contributed by atoms with van der Waals surface area (Å²) in [5.41, 5.74) is 2.52. The zero-order valence-electron chi connectivity index (χ0n) is 9.09. The van der Waals surface area contributed by atoms with Crippen LogP contribution in [0.1, 0.15) is 5.56 Å². The predicted octanol–water partition coefficient (Wildman–Crippen LogP) is 2.26. The fourth-order valence-electron chi connectivity index (χ4n) is 1.85. The number of aliphatic imine (C=N–C) groups is 2. The van der Waals surface area contributed by atoms with Gasteiger partial charge in [-0.25, -0.2) is 0 Å². The number of aromatic amines is 1. The van der Waals surface area contributed by atoms with E-state index >= 15 is 0 Å². The third kappa shape index (κ3) is 1.73. The molecule has 0 bridgehead atoms. The molecule has 1 aromatic carbocycles. The SMILES string of the molecule is Oc1[nH]c2ccccc2c1C=NC1=CC=NC1. The highest BCUT2D eigenvalue weighted by Gasteiger charge is 2.08. The van der Waals surface area contributed by atoms with Crippen LogP contribution in [0.2, 0.25) is 0 Å². The topological polar surface area (TPSA) is 60.7 Å². The van der Waals surface area contributed by atoms with Crippen molar-refractivity contribution in [1.82, 2.24) is 4.98 Å². The van der Waals surface area contributed by atoms with Crippen molar-refractivity contribution < 1.29 is 5.11 Å². The van der Waals surface area contributed by atoms with Crippen LogP contribution in [0.3, 0.4) is 0 Å². The molecule has 0 saturated carbocycles. The number of fused-ring (bicyclic) bond motifs is 1. The zero-order chi connectivity index (χ0) is 11.7. The lowest BCUT2D eigenvalue weighted by Gasteiger charge is -1.93. The third-order valence-corrected chi connectivity index (χ3v) is 2.71. The van der Waals surface area contributed by atoms with Gasteiger partial charge in [0.25, 0.3) is 0 Å². The number of H-pyrrole nitrogens is 1. The Balaban J connectivity index is 2.02. The molecule has 0 aliphatic carbocycles. The van der Waals surface area contributed by atoms with E-state index < -0.39 is 0 Å². The average molecular weight is 225 g/mol. The second-order valence-electron chi connectivity index (χ2n) is 3.84. The number of hydrogen-bond acceptors (Lipinski definition) is 3. The Morgan fingerprint density at radius 2 is 2.24 bits per heavy atom. The van der Waals surface area contributed by atoms with Gasteiger partial charge in [-0.05, 0) is 12.1 Å². The molecule has 1 aromatic heterocycles. The van der Waals surface area contributed by atoms with Crippen molar-refractivity contribution in [2.75, 3.05) is 6.54 Å². The van der Waals surface area contributed by atoms with Crippen molar-refractivity contribution in [3.63, 3.8) is 0 Å². The second kappa shape index (κ2) is 3.90. The van der Waals surface area contributed by atoms with E-state index in [0.29, 0.717) is 12.1 Å². The first-order valence-corrected chi connectivity index (χ1v) is 5.37. The molecule has 1 aliphatic rings. The van der Waals surface area contributed by atoms with E-state index in [0.717, 1.165) is 16.6 Å². The van der Waals surface area contributed by atoms with Gasteiger partial charge in [-0.15, -0.1) is 0 Å². The average Bonchev–Trinajstić information content (AvgIpc) is 2.93. The van der Waals surface area contributed by atoms with Gasteiger partial charge in [-0.3, -0.25) is 9.98 Å². The molecule has 1 aliphatic heterocycles. The molecule has 4 nitrogen and oxygen atoms in total. The maximum atomic E-state index is 9.81. The standard InChI is InChI=1S/C13H11N3O/c17-13-11(8-15-9-5-6-14-7-9)10-3-1-2-4-12(10)16-13/h1-6,8,16-17H,7H2. The molecule has 4 heteroatoms. The van der Waals surface area contributed by atoms with Gasteiger partial charge in [0.05, 0.1) is 17.8 Å². The van der Waals surface area contributed by atoms with Crippen LogP contribution in [-0.4, -0.2) is 29.1 Å². The van der Waals surface area contributed by atoms with Gasteiger partial charge >= 0.3 is 0 Å². The number of nitrogens with one attached hydrogen (secondary N) is 1. The van der Waals surface area contributed by atoms with Crippen molar-refractivity contribution in [2.24, 2.45) is 9.98 Å². The van der Waals surface area contributed by atoms with Crippen molar-refractivity contribution in [3.8, 4) is 5.88 Å². The molecule has 0 saturated heterocycles. The number of nitrogens with zero attached hydrogens (tertiary/aromatic N) is 2. The number of hydrogen-bond donors (Lipinski definition) is 2. The molecule has 2 heterocycles. The van der Waals surface area contributed by atoms with Crippen molar-refractivity contribution in [3.05, 3.63) is 41.6 Å². The maximum Gasteiger partial charge on any atom is 0.198 e. The molecule has 0 amide bonds.